The molecule has 1 aromatic carbocycles. The maximum Gasteiger partial charge on any atom is 0.0312 e. The molecule has 1 aliphatic carbocycles. The lowest BCUT2D eigenvalue weighted by Crippen LogP contribution is -2.00. The summed E-state index contributed by atoms with van der Waals surface area (Å²) in [5.74, 6) is 0. The molecule has 0 nitrogen and oxygen atoms in total. The van der Waals surface area contributed by atoms with Gasteiger partial charge in [-0.2, -0.15) is 0 Å². The van der Waals surface area contributed by atoms with Crippen LogP contribution in [0.25, 0.3) is 0 Å². The van der Waals surface area contributed by atoms with Crippen molar-refractivity contribution >= 4 is 11.8 Å². The minimum Gasteiger partial charge on any atom is -0.118 e. The predicted molar refractivity (Wildman–Crippen MR) is 68.3 cm³/mol. The minimum atomic E-state index is 0.608. The highest BCUT2D eigenvalue weighted by molar-refractivity contribution is 8.00. The molecule has 0 heterocycles. The highest BCUT2D eigenvalue weighted by Gasteiger charge is 2.08. The third-order valence-corrected chi connectivity index (χ3v) is 3.75. The smallest absolute Gasteiger partial charge is 0.0312 e. The zero-order chi connectivity index (χ0) is 10.7. The van der Waals surface area contributed by atoms with Crippen LogP contribution >= 0.6 is 11.8 Å². The fourth-order valence-corrected chi connectivity index (χ4v) is 2.58. The van der Waals surface area contributed by atoms with Crippen LogP contribution in [-0.2, 0) is 0 Å². The highest BCUT2D eigenvalue weighted by atomic mass is 32.2. The first-order valence-electron chi connectivity index (χ1n) is 5.32. The van der Waals surface area contributed by atoms with Gasteiger partial charge in [-0.05, 0) is 32.4 Å². The van der Waals surface area contributed by atoms with Crippen LogP contribution in [0.4, 0.5) is 0 Å². The summed E-state index contributed by atoms with van der Waals surface area (Å²) in [7, 11) is 0. The average Bonchev–Trinajstić information content (AvgIpc) is 2.25. The fourth-order valence-electron chi connectivity index (χ4n) is 1.59. The standard InChI is InChI=1S/C14H16S/c1-11-3-7-13(8-4-11)15-14-9-5-12(2)6-10-14/h3-9,14H,10H2,1-2H3. The van der Waals surface area contributed by atoms with E-state index in [0.717, 1.165) is 6.42 Å². The molecular weight excluding hydrogens is 200 g/mol. The Morgan fingerprint density at radius 1 is 1.13 bits per heavy atom. The van der Waals surface area contributed by atoms with Gasteiger partial charge in [-0.15, -0.1) is 11.8 Å². The number of hydrogen-bond donors (Lipinski definition) is 0. The van der Waals surface area contributed by atoms with Crippen LogP contribution in [0.15, 0.2) is 53.0 Å². The van der Waals surface area contributed by atoms with Crippen molar-refractivity contribution in [1.82, 2.24) is 0 Å². The molecule has 0 fully saturated rings. The summed E-state index contributed by atoms with van der Waals surface area (Å²) in [4.78, 5) is 1.36. The zero-order valence-electron chi connectivity index (χ0n) is 9.23. The molecule has 0 radical (unpaired) electrons. The molecule has 1 aliphatic rings. The molecule has 1 heteroatoms. The molecule has 78 valence electrons. The van der Waals surface area contributed by atoms with Gasteiger partial charge in [-0.25, -0.2) is 0 Å². The van der Waals surface area contributed by atoms with E-state index in [1.165, 1.54) is 16.0 Å². The quantitative estimate of drug-likeness (QED) is 0.707. The van der Waals surface area contributed by atoms with E-state index in [2.05, 4.69) is 56.3 Å². The molecule has 0 aliphatic heterocycles. The average molecular weight is 216 g/mol. The Hall–Kier alpha value is -0.950. The van der Waals surface area contributed by atoms with Crippen molar-refractivity contribution < 1.29 is 0 Å². The van der Waals surface area contributed by atoms with Crippen molar-refractivity contribution in [1.29, 1.82) is 0 Å². The van der Waals surface area contributed by atoms with E-state index in [9.17, 15) is 0 Å². The lowest BCUT2D eigenvalue weighted by molar-refractivity contribution is 1.03. The van der Waals surface area contributed by atoms with Crippen LogP contribution in [0.2, 0.25) is 0 Å². The predicted octanol–water partition coefficient (Wildman–Crippen LogP) is 4.36. The van der Waals surface area contributed by atoms with Crippen LogP contribution < -0.4 is 0 Å². The van der Waals surface area contributed by atoms with Crippen LogP contribution in [0.5, 0.6) is 0 Å². The van der Waals surface area contributed by atoms with Crippen molar-refractivity contribution in [2.24, 2.45) is 0 Å². The van der Waals surface area contributed by atoms with Gasteiger partial charge >= 0.3 is 0 Å². The molecule has 1 unspecified atom stereocenters. The molecule has 0 aromatic heterocycles. The Morgan fingerprint density at radius 3 is 2.47 bits per heavy atom. The van der Waals surface area contributed by atoms with Crippen LogP contribution in [0, 0.1) is 6.92 Å². The molecule has 0 spiro atoms. The molecule has 0 amide bonds. The van der Waals surface area contributed by atoms with Crippen molar-refractivity contribution in [3.63, 3.8) is 0 Å². The van der Waals surface area contributed by atoms with Gasteiger partial charge in [0.25, 0.3) is 0 Å². The topological polar surface area (TPSA) is 0 Å². The summed E-state index contributed by atoms with van der Waals surface area (Å²) < 4.78 is 0. The number of hydrogen-bond acceptors (Lipinski definition) is 1. The summed E-state index contributed by atoms with van der Waals surface area (Å²) in [6, 6.07) is 8.77. The third kappa shape index (κ3) is 3.00. The first-order valence-corrected chi connectivity index (χ1v) is 6.20. The second-order valence-electron chi connectivity index (χ2n) is 4.01. The van der Waals surface area contributed by atoms with Crippen molar-refractivity contribution in [3.05, 3.63) is 53.6 Å². The van der Waals surface area contributed by atoms with E-state index in [1.807, 2.05) is 11.8 Å². The first-order chi connectivity index (χ1) is 7.24. The van der Waals surface area contributed by atoms with Crippen molar-refractivity contribution in [3.8, 4) is 0 Å². The first kappa shape index (κ1) is 10.6. The SMILES string of the molecule is CC1=CCC(Sc2ccc(C)cc2)C=C1. The minimum absolute atomic E-state index is 0.608. The summed E-state index contributed by atoms with van der Waals surface area (Å²) >= 11 is 1.94. The largest absolute Gasteiger partial charge is 0.118 e. The van der Waals surface area contributed by atoms with Crippen LogP contribution in [0.3, 0.4) is 0 Å². The Balaban J connectivity index is 1.99. The summed E-state index contributed by atoms with van der Waals surface area (Å²) in [5, 5.41) is 0.608. The van der Waals surface area contributed by atoms with Gasteiger partial charge < -0.3 is 0 Å². The van der Waals surface area contributed by atoms with E-state index < -0.39 is 0 Å². The number of rotatable bonds is 2. The number of allylic oxidation sites excluding steroid dienone is 3. The maximum atomic E-state index is 2.31. The lowest BCUT2D eigenvalue weighted by atomic mass is 10.1. The highest BCUT2D eigenvalue weighted by Crippen LogP contribution is 2.29. The molecule has 15 heavy (non-hydrogen) atoms. The van der Waals surface area contributed by atoms with E-state index in [4.69, 9.17) is 0 Å². The monoisotopic (exact) mass is 216 g/mol. The molecule has 0 saturated heterocycles. The fraction of sp³-hybridized carbons (Fsp3) is 0.286. The Labute approximate surface area is 96.1 Å². The Morgan fingerprint density at radius 2 is 1.87 bits per heavy atom. The van der Waals surface area contributed by atoms with Gasteiger partial charge in [0.05, 0.1) is 0 Å². The molecule has 2 rings (SSSR count). The lowest BCUT2D eigenvalue weighted by Gasteiger charge is -2.14. The Kier molecular flexibility index (Phi) is 3.32. The maximum absolute atomic E-state index is 2.31. The van der Waals surface area contributed by atoms with Gasteiger partial charge in [-0.3, -0.25) is 0 Å². The van der Waals surface area contributed by atoms with Gasteiger partial charge in [0.1, 0.15) is 0 Å². The van der Waals surface area contributed by atoms with Crippen molar-refractivity contribution in [2.45, 2.75) is 30.4 Å². The molecule has 1 aromatic rings. The zero-order valence-corrected chi connectivity index (χ0v) is 10.1. The summed E-state index contributed by atoms with van der Waals surface area (Å²) in [6.45, 7) is 4.28. The number of aryl methyl sites for hydroxylation is 1. The summed E-state index contributed by atoms with van der Waals surface area (Å²) in [6.07, 6.45) is 7.99. The van der Waals surface area contributed by atoms with E-state index in [1.54, 1.807) is 0 Å². The molecule has 0 saturated carbocycles. The second-order valence-corrected chi connectivity index (χ2v) is 5.32. The van der Waals surface area contributed by atoms with Gasteiger partial charge in [0.15, 0.2) is 0 Å². The molecule has 1 atom stereocenters. The van der Waals surface area contributed by atoms with E-state index in [0.29, 0.717) is 5.25 Å². The molecule has 0 N–H and O–H groups in total. The van der Waals surface area contributed by atoms with Crippen LogP contribution in [-0.4, -0.2) is 5.25 Å². The van der Waals surface area contributed by atoms with Gasteiger partial charge in [0, 0.05) is 10.1 Å². The van der Waals surface area contributed by atoms with Gasteiger partial charge in [-0.1, -0.05) is 41.5 Å². The molecular formula is C14H16S. The number of thioether (sulfide) groups is 1. The normalized spacial score (nSPS) is 20.1. The second kappa shape index (κ2) is 4.71. The molecule has 0 bridgehead atoms. The van der Waals surface area contributed by atoms with E-state index in [-0.39, 0.29) is 0 Å². The van der Waals surface area contributed by atoms with Gasteiger partial charge in [0.2, 0.25) is 0 Å². The summed E-state index contributed by atoms with van der Waals surface area (Å²) in [5.41, 5.74) is 2.71. The van der Waals surface area contributed by atoms with Crippen LogP contribution in [0.1, 0.15) is 18.9 Å². The van der Waals surface area contributed by atoms with Crippen molar-refractivity contribution in [2.75, 3.05) is 0 Å². The Bertz CT molecular complexity index is 384. The third-order valence-electron chi connectivity index (χ3n) is 2.55. The number of benzene rings is 1. The van der Waals surface area contributed by atoms with E-state index >= 15 is 0 Å².